The van der Waals surface area contributed by atoms with E-state index in [0.29, 0.717) is 10.8 Å². The summed E-state index contributed by atoms with van der Waals surface area (Å²) in [6.45, 7) is 6.12. The normalized spacial score (nSPS) is 11.2. The van der Waals surface area contributed by atoms with Gasteiger partial charge >= 0.3 is 0 Å². The fourth-order valence-corrected chi connectivity index (χ4v) is 1.80. The van der Waals surface area contributed by atoms with E-state index in [9.17, 15) is 8.42 Å². The second kappa shape index (κ2) is 3.92. The topological polar surface area (TPSA) is 34.1 Å². The van der Waals surface area contributed by atoms with Crippen LogP contribution in [0.25, 0.3) is 0 Å². The van der Waals surface area contributed by atoms with Gasteiger partial charge in [0.2, 0.25) is 0 Å². The molecular weight excluding hydrogens is 184 g/mol. The standard InChI is InChI=1S/C10H14O2S/c1-7(2)10-6-9(13(11)12)5-4-8(10)3/h4-7,13H,1-3H3. The molecule has 1 rings (SSSR count). The lowest BCUT2D eigenvalue weighted by atomic mass is 9.98. The first-order valence-electron chi connectivity index (χ1n) is 4.27. The van der Waals surface area contributed by atoms with Crippen LogP contribution in [0.3, 0.4) is 0 Å². The van der Waals surface area contributed by atoms with E-state index in [1.807, 2.05) is 13.0 Å². The third kappa shape index (κ3) is 2.31. The molecule has 0 aliphatic carbocycles. The number of hydrogen-bond donors (Lipinski definition) is 1. The maximum Gasteiger partial charge on any atom is 0.168 e. The van der Waals surface area contributed by atoms with E-state index in [2.05, 4.69) is 13.8 Å². The summed E-state index contributed by atoms with van der Waals surface area (Å²) in [7, 11) is -2.45. The van der Waals surface area contributed by atoms with Gasteiger partial charge in [-0.1, -0.05) is 19.9 Å². The summed E-state index contributed by atoms with van der Waals surface area (Å²) in [6, 6.07) is 5.26. The molecule has 3 heteroatoms. The Hall–Kier alpha value is -0.830. The van der Waals surface area contributed by atoms with Crippen molar-refractivity contribution in [2.45, 2.75) is 31.6 Å². The van der Waals surface area contributed by atoms with Gasteiger partial charge in [0, 0.05) is 0 Å². The molecule has 0 saturated heterocycles. The lowest BCUT2D eigenvalue weighted by Crippen LogP contribution is -1.93. The molecule has 0 N–H and O–H groups in total. The number of benzene rings is 1. The molecule has 0 aliphatic heterocycles. The first kappa shape index (κ1) is 10.3. The third-order valence-electron chi connectivity index (χ3n) is 2.10. The lowest BCUT2D eigenvalue weighted by Gasteiger charge is -2.09. The number of rotatable bonds is 2. The minimum Gasteiger partial charge on any atom is -0.227 e. The molecule has 1 aromatic rings. The van der Waals surface area contributed by atoms with Gasteiger partial charge in [-0.05, 0) is 36.1 Å². The fourth-order valence-electron chi connectivity index (χ4n) is 1.36. The van der Waals surface area contributed by atoms with Crippen molar-refractivity contribution in [3.8, 4) is 0 Å². The van der Waals surface area contributed by atoms with Gasteiger partial charge in [0.25, 0.3) is 0 Å². The molecule has 0 bridgehead atoms. The van der Waals surface area contributed by atoms with E-state index in [4.69, 9.17) is 0 Å². The Balaban J connectivity index is 3.27. The van der Waals surface area contributed by atoms with Crippen LogP contribution in [-0.4, -0.2) is 8.42 Å². The minimum atomic E-state index is -2.45. The average Bonchev–Trinajstić information content (AvgIpc) is 2.04. The Kier molecular flexibility index (Phi) is 3.09. The second-order valence-corrected chi connectivity index (χ2v) is 4.48. The summed E-state index contributed by atoms with van der Waals surface area (Å²) in [6.07, 6.45) is 0. The van der Waals surface area contributed by atoms with Gasteiger partial charge in [-0.15, -0.1) is 0 Å². The zero-order valence-electron chi connectivity index (χ0n) is 8.07. The quantitative estimate of drug-likeness (QED) is 0.738. The molecule has 2 nitrogen and oxygen atoms in total. The molecule has 1 aromatic carbocycles. The summed E-state index contributed by atoms with van der Waals surface area (Å²) in [4.78, 5) is 0.407. The largest absolute Gasteiger partial charge is 0.227 e. The summed E-state index contributed by atoms with van der Waals surface area (Å²) < 4.78 is 21.4. The van der Waals surface area contributed by atoms with Crippen LogP contribution in [0.15, 0.2) is 23.1 Å². The Morgan fingerprint density at radius 1 is 1.23 bits per heavy atom. The predicted molar refractivity (Wildman–Crippen MR) is 53.8 cm³/mol. The molecule has 0 amide bonds. The number of thiol groups is 1. The summed E-state index contributed by atoms with van der Waals surface area (Å²) in [5.41, 5.74) is 2.26. The molecule has 0 saturated carbocycles. The van der Waals surface area contributed by atoms with E-state index < -0.39 is 10.7 Å². The zero-order chi connectivity index (χ0) is 10.0. The summed E-state index contributed by atoms with van der Waals surface area (Å²) >= 11 is 0. The maximum atomic E-state index is 10.7. The highest BCUT2D eigenvalue weighted by Crippen LogP contribution is 2.20. The minimum absolute atomic E-state index is 0.370. The molecule has 0 radical (unpaired) electrons. The van der Waals surface area contributed by atoms with Crippen LogP contribution in [0.5, 0.6) is 0 Å². The lowest BCUT2D eigenvalue weighted by molar-refractivity contribution is 0.614. The van der Waals surface area contributed by atoms with Crippen LogP contribution in [0.1, 0.15) is 30.9 Å². The smallest absolute Gasteiger partial charge is 0.168 e. The molecule has 72 valence electrons. The predicted octanol–water partition coefficient (Wildman–Crippen LogP) is 2.09. The van der Waals surface area contributed by atoms with Crippen LogP contribution in [0, 0.1) is 6.92 Å². The van der Waals surface area contributed by atoms with Crippen LogP contribution in [0.4, 0.5) is 0 Å². The molecule has 0 aromatic heterocycles. The van der Waals surface area contributed by atoms with Crippen LogP contribution >= 0.6 is 0 Å². The highest BCUT2D eigenvalue weighted by atomic mass is 32.2. The highest BCUT2D eigenvalue weighted by Gasteiger charge is 2.05. The third-order valence-corrected chi connectivity index (χ3v) is 2.80. The Morgan fingerprint density at radius 3 is 2.31 bits per heavy atom. The first-order valence-corrected chi connectivity index (χ1v) is 5.45. The molecular formula is C10H14O2S. The van der Waals surface area contributed by atoms with Gasteiger partial charge in [-0.2, -0.15) is 0 Å². The van der Waals surface area contributed by atoms with Gasteiger partial charge in [-0.3, -0.25) is 0 Å². The Labute approximate surface area is 80.5 Å². The molecule has 0 fully saturated rings. The van der Waals surface area contributed by atoms with E-state index in [0.717, 1.165) is 11.1 Å². The number of aryl methyl sites for hydroxylation is 1. The van der Waals surface area contributed by atoms with Crippen molar-refractivity contribution in [2.75, 3.05) is 0 Å². The van der Waals surface area contributed by atoms with Gasteiger partial charge in [0.05, 0.1) is 4.90 Å². The van der Waals surface area contributed by atoms with Gasteiger partial charge in [0.1, 0.15) is 0 Å². The van der Waals surface area contributed by atoms with Crippen molar-refractivity contribution in [1.82, 2.24) is 0 Å². The molecule has 0 unspecified atom stereocenters. The monoisotopic (exact) mass is 198 g/mol. The molecule has 0 atom stereocenters. The first-order chi connectivity index (χ1) is 6.02. The van der Waals surface area contributed by atoms with Crippen LogP contribution in [-0.2, 0) is 10.7 Å². The van der Waals surface area contributed by atoms with Crippen molar-refractivity contribution in [3.63, 3.8) is 0 Å². The van der Waals surface area contributed by atoms with E-state index in [-0.39, 0.29) is 0 Å². The Bertz CT molecular complexity index is 371. The van der Waals surface area contributed by atoms with E-state index >= 15 is 0 Å². The van der Waals surface area contributed by atoms with Crippen molar-refractivity contribution >= 4 is 10.7 Å². The van der Waals surface area contributed by atoms with Crippen molar-refractivity contribution in [3.05, 3.63) is 29.3 Å². The van der Waals surface area contributed by atoms with E-state index in [1.54, 1.807) is 12.1 Å². The Morgan fingerprint density at radius 2 is 1.85 bits per heavy atom. The zero-order valence-corrected chi connectivity index (χ0v) is 8.97. The molecule has 0 spiro atoms. The van der Waals surface area contributed by atoms with Crippen molar-refractivity contribution < 1.29 is 8.42 Å². The second-order valence-electron chi connectivity index (χ2n) is 3.45. The maximum absolute atomic E-state index is 10.7. The fraction of sp³-hybridized carbons (Fsp3) is 0.400. The van der Waals surface area contributed by atoms with Crippen molar-refractivity contribution in [2.24, 2.45) is 0 Å². The van der Waals surface area contributed by atoms with Crippen LogP contribution in [0.2, 0.25) is 0 Å². The summed E-state index contributed by atoms with van der Waals surface area (Å²) in [5, 5.41) is 0. The van der Waals surface area contributed by atoms with Gasteiger partial charge in [-0.25, -0.2) is 8.42 Å². The SMILES string of the molecule is Cc1ccc([SH](=O)=O)cc1C(C)C. The highest BCUT2D eigenvalue weighted by molar-refractivity contribution is 7.72. The molecule has 0 heterocycles. The van der Waals surface area contributed by atoms with E-state index in [1.165, 1.54) is 0 Å². The average molecular weight is 198 g/mol. The molecule has 13 heavy (non-hydrogen) atoms. The molecule has 0 aliphatic rings. The van der Waals surface area contributed by atoms with Crippen LogP contribution < -0.4 is 0 Å². The van der Waals surface area contributed by atoms with Gasteiger partial charge in [0.15, 0.2) is 10.7 Å². The van der Waals surface area contributed by atoms with Crippen molar-refractivity contribution in [1.29, 1.82) is 0 Å². The number of hydrogen-bond acceptors (Lipinski definition) is 2. The van der Waals surface area contributed by atoms with Gasteiger partial charge < -0.3 is 0 Å². The summed E-state index contributed by atoms with van der Waals surface area (Å²) in [5.74, 6) is 0.370.